The third-order valence-corrected chi connectivity index (χ3v) is 6.20. The SMILES string of the molecule is CC[C@@H](C)NC(=O)CCc1ccc(S(=O)(=O)N2CCCC2)cc1. The average molecular weight is 338 g/mol. The molecule has 0 unspecified atom stereocenters. The number of benzene rings is 1. The lowest BCUT2D eigenvalue weighted by molar-refractivity contribution is -0.121. The number of rotatable bonds is 7. The van der Waals surface area contributed by atoms with Crippen molar-refractivity contribution in [1.82, 2.24) is 9.62 Å². The van der Waals surface area contributed by atoms with E-state index in [0.717, 1.165) is 24.8 Å². The fraction of sp³-hybridized carbons (Fsp3) is 0.588. The second-order valence-corrected chi connectivity index (χ2v) is 8.07. The van der Waals surface area contributed by atoms with Gasteiger partial charge in [0.05, 0.1) is 4.90 Å². The van der Waals surface area contributed by atoms with Crippen molar-refractivity contribution in [3.8, 4) is 0 Å². The normalized spacial score (nSPS) is 17.1. The van der Waals surface area contributed by atoms with Gasteiger partial charge in [-0.3, -0.25) is 4.79 Å². The molecule has 0 bridgehead atoms. The van der Waals surface area contributed by atoms with Crippen molar-refractivity contribution in [3.05, 3.63) is 29.8 Å². The summed E-state index contributed by atoms with van der Waals surface area (Å²) in [5.74, 6) is 0.0353. The summed E-state index contributed by atoms with van der Waals surface area (Å²) in [7, 11) is -3.35. The van der Waals surface area contributed by atoms with E-state index in [1.54, 1.807) is 28.6 Å². The molecule has 1 aliphatic heterocycles. The summed E-state index contributed by atoms with van der Waals surface area (Å²) in [6.07, 6.45) is 3.81. The van der Waals surface area contributed by atoms with Gasteiger partial charge in [0.25, 0.3) is 0 Å². The van der Waals surface area contributed by atoms with Crippen LogP contribution in [0, 0.1) is 0 Å². The Morgan fingerprint density at radius 3 is 2.39 bits per heavy atom. The summed E-state index contributed by atoms with van der Waals surface area (Å²) >= 11 is 0. The molecular weight excluding hydrogens is 312 g/mol. The topological polar surface area (TPSA) is 66.5 Å². The molecule has 1 amide bonds. The Hall–Kier alpha value is -1.40. The summed E-state index contributed by atoms with van der Waals surface area (Å²) in [4.78, 5) is 12.1. The van der Waals surface area contributed by atoms with Crippen LogP contribution in [0.1, 0.15) is 45.1 Å². The number of aryl methyl sites for hydroxylation is 1. The fourth-order valence-corrected chi connectivity index (χ4v) is 4.13. The fourth-order valence-electron chi connectivity index (χ4n) is 2.61. The first kappa shape index (κ1) is 17.9. The van der Waals surface area contributed by atoms with Crippen molar-refractivity contribution < 1.29 is 13.2 Å². The van der Waals surface area contributed by atoms with Gasteiger partial charge in [-0.05, 0) is 50.3 Å². The van der Waals surface area contributed by atoms with Gasteiger partial charge in [-0.25, -0.2) is 8.42 Å². The molecule has 1 saturated heterocycles. The Morgan fingerprint density at radius 2 is 1.83 bits per heavy atom. The van der Waals surface area contributed by atoms with Gasteiger partial charge < -0.3 is 5.32 Å². The molecule has 2 rings (SSSR count). The number of carbonyl (C=O) groups excluding carboxylic acids is 1. The van der Waals surface area contributed by atoms with Crippen LogP contribution in [0.25, 0.3) is 0 Å². The number of nitrogens with one attached hydrogen (secondary N) is 1. The minimum Gasteiger partial charge on any atom is -0.354 e. The molecule has 0 saturated carbocycles. The molecule has 23 heavy (non-hydrogen) atoms. The Morgan fingerprint density at radius 1 is 1.22 bits per heavy atom. The first-order valence-corrected chi connectivity index (χ1v) is 9.76. The molecular formula is C17H26N2O3S. The third-order valence-electron chi connectivity index (χ3n) is 4.29. The van der Waals surface area contributed by atoms with E-state index in [0.29, 0.717) is 30.8 Å². The number of sulfonamides is 1. The summed E-state index contributed by atoms with van der Waals surface area (Å²) in [6, 6.07) is 7.10. The van der Waals surface area contributed by atoms with E-state index in [9.17, 15) is 13.2 Å². The molecule has 1 aliphatic rings. The van der Waals surface area contributed by atoms with E-state index in [1.165, 1.54) is 0 Å². The Bertz CT molecular complexity index is 620. The molecule has 1 heterocycles. The lowest BCUT2D eigenvalue weighted by Gasteiger charge is -2.15. The number of nitrogens with zero attached hydrogens (tertiary/aromatic N) is 1. The van der Waals surface area contributed by atoms with Crippen LogP contribution < -0.4 is 5.32 Å². The molecule has 1 aromatic carbocycles. The maximum Gasteiger partial charge on any atom is 0.243 e. The second-order valence-electron chi connectivity index (χ2n) is 6.13. The largest absolute Gasteiger partial charge is 0.354 e. The van der Waals surface area contributed by atoms with Crippen molar-refractivity contribution >= 4 is 15.9 Å². The van der Waals surface area contributed by atoms with Gasteiger partial charge in [0.15, 0.2) is 0 Å². The van der Waals surface area contributed by atoms with Crippen LogP contribution in [0.3, 0.4) is 0 Å². The zero-order chi connectivity index (χ0) is 16.9. The van der Waals surface area contributed by atoms with Crippen molar-refractivity contribution in [2.45, 2.75) is 56.9 Å². The third kappa shape index (κ3) is 4.78. The average Bonchev–Trinajstić information content (AvgIpc) is 3.08. The maximum atomic E-state index is 12.4. The van der Waals surface area contributed by atoms with E-state index >= 15 is 0 Å². The molecule has 0 spiro atoms. The second kappa shape index (κ2) is 7.93. The lowest BCUT2D eigenvalue weighted by atomic mass is 10.1. The molecule has 1 N–H and O–H groups in total. The number of hydrogen-bond acceptors (Lipinski definition) is 3. The van der Waals surface area contributed by atoms with Gasteiger partial charge in [0.2, 0.25) is 15.9 Å². The first-order chi connectivity index (χ1) is 10.9. The van der Waals surface area contributed by atoms with E-state index in [-0.39, 0.29) is 11.9 Å². The maximum absolute atomic E-state index is 12.4. The smallest absolute Gasteiger partial charge is 0.243 e. The van der Waals surface area contributed by atoms with E-state index in [4.69, 9.17) is 0 Å². The zero-order valence-electron chi connectivity index (χ0n) is 13.9. The van der Waals surface area contributed by atoms with Crippen LogP contribution in [0.15, 0.2) is 29.2 Å². The number of carbonyl (C=O) groups is 1. The van der Waals surface area contributed by atoms with E-state index < -0.39 is 10.0 Å². The molecule has 5 nitrogen and oxygen atoms in total. The molecule has 128 valence electrons. The summed E-state index contributed by atoms with van der Waals surface area (Å²) in [5.41, 5.74) is 0.977. The van der Waals surface area contributed by atoms with Gasteiger partial charge in [0, 0.05) is 25.6 Å². The van der Waals surface area contributed by atoms with Gasteiger partial charge in [-0.2, -0.15) is 4.31 Å². The van der Waals surface area contributed by atoms with Gasteiger partial charge in [-0.15, -0.1) is 0 Å². The van der Waals surface area contributed by atoms with Crippen LogP contribution in [0.5, 0.6) is 0 Å². The first-order valence-electron chi connectivity index (χ1n) is 8.32. The molecule has 1 fully saturated rings. The Kier molecular flexibility index (Phi) is 6.18. The van der Waals surface area contributed by atoms with E-state index in [2.05, 4.69) is 5.32 Å². The lowest BCUT2D eigenvalue weighted by Crippen LogP contribution is -2.32. The summed E-state index contributed by atoms with van der Waals surface area (Å²) in [5, 5.41) is 2.93. The molecule has 0 aliphatic carbocycles. The highest BCUT2D eigenvalue weighted by atomic mass is 32.2. The summed E-state index contributed by atoms with van der Waals surface area (Å²) < 4.78 is 26.4. The van der Waals surface area contributed by atoms with Crippen molar-refractivity contribution in [1.29, 1.82) is 0 Å². The van der Waals surface area contributed by atoms with Crippen molar-refractivity contribution in [3.63, 3.8) is 0 Å². The quantitative estimate of drug-likeness (QED) is 0.830. The molecule has 0 aromatic heterocycles. The van der Waals surface area contributed by atoms with E-state index in [1.807, 2.05) is 13.8 Å². The Balaban J connectivity index is 1.93. The Labute approximate surface area is 139 Å². The highest BCUT2D eigenvalue weighted by Gasteiger charge is 2.26. The highest BCUT2D eigenvalue weighted by molar-refractivity contribution is 7.89. The molecule has 0 radical (unpaired) electrons. The number of amides is 1. The monoisotopic (exact) mass is 338 g/mol. The van der Waals surface area contributed by atoms with Crippen LogP contribution in [0.2, 0.25) is 0 Å². The minimum atomic E-state index is -3.35. The summed E-state index contributed by atoms with van der Waals surface area (Å²) in [6.45, 7) is 5.24. The molecule has 6 heteroatoms. The van der Waals surface area contributed by atoms with Crippen LogP contribution >= 0.6 is 0 Å². The standard InChI is InChI=1S/C17H26N2O3S/c1-3-14(2)18-17(20)11-8-15-6-9-16(10-7-15)23(21,22)19-12-4-5-13-19/h6-7,9-10,14H,3-5,8,11-13H2,1-2H3,(H,18,20)/t14-/m1/s1. The van der Waals surface area contributed by atoms with Crippen LogP contribution in [0.4, 0.5) is 0 Å². The van der Waals surface area contributed by atoms with Gasteiger partial charge >= 0.3 is 0 Å². The molecule has 1 aromatic rings. The number of hydrogen-bond donors (Lipinski definition) is 1. The predicted molar refractivity (Wildman–Crippen MR) is 90.7 cm³/mol. The van der Waals surface area contributed by atoms with Gasteiger partial charge in [-0.1, -0.05) is 19.1 Å². The highest BCUT2D eigenvalue weighted by Crippen LogP contribution is 2.21. The minimum absolute atomic E-state index is 0.0353. The van der Waals surface area contributed by atoms with Crippen LogP contribution in [-0.2, 0) is 21.2 Å². The molecule has 1 atom stereocenters. The van der Waals surface area contributed by atoms with Crippen LogP contribution in [-0.4, -0.2) is 37.8 Å². The predicted octanol–water partition coefficient (Wildman–Crippen LogP) is 2.32. The zero-order valence-corrected chi connectivity index (χ0v) is 14.7. The van der Waals surface area contributed by atoms with Crippen molar-refractivity contribution in [2.75, 3.05) is 13.1 Å². The van der Waals surface area contributed by atoms with Gasteiger partial charge in [0.1, 0.15) is 0 Å². The van der Waals surface area contributed by atoms with Crippen molar-refractivity contribution in [2.24, 2.45) is 0 Å².